The van der Waals surface area contributed by atoms with E-state index in [1.165, 1.54) is 154 Å². The van der Waals surface area contributed by atoms with Crippen molar-refractivity contribution < 1.29 is 49.3 Å². The van der Waals surface area contributed by atoms with Crippen LogP contribution in [-0.2, 0) is 23.8 Å². The molecule has 0 aromatic rings. The van der Waals surface area contributed by atoms with Crippen LogP contribution in [0.25, 0.3) is 0 Å². The van der Waals surface area contributed by atoms with Crippen LogP contribution in [0.3, 0.4) is 0 Å². The first-order valence-electron chi connectivity index (χ1n) is 31.7. The van der Waals surface area contributed by atoms with Crippen LogP contribution in [0, 0.1) is 0 Å². The molecule has 1 fully saturated rings. The van der Waals surface area contributed by atoms with Crippen molar-refractivity contribution in [3.63, 3.8) is 0 Å². The number of nitrogens with one attached hydrogen (secondary N) is 1. The van der Waals surface area contributed by atoms with E-state index in [4.69, 9.17) is 14.2 Å². The highest BCUT2D eigenvalue weighted by molar-refractivity contribution is 5.80. The molecule has 0 aromatic carbocycles. The number of hydrogen-bond donors (Lipinski definition) is 6. The fourth-order valence-electron chi connectivity index (χ4n) is 9.53. The number of unbranched alkanes of at least 4 members (excludes halogenated alkanes) is 29. The maximum absolute atomic E-state index is 13.4. The second-order valence-corrected chi connectivity index (χ2v) is 21.8. The molecule has 1 rings (SSSR count). The Kier molecular flexibility index (Phi) is 50.3. The van der Waals surface area contributed by atoms with Gasteiger partial charge in [0.05, 0.1) is 25.4 Å². The largest absolute Gasteiger partial charge is 0.454 e. The average Bonchev–Trinajstić information content (AvgIpc) is 3.43. The van der Waals surface area contributed by atoms with Gasteiger partial charge < -0.3 is 45.1 Å². The SMILES string of the molecule is CCCCC/C=C\C/C=C\C/C=C\CCCCCCCCCCCC(O)C(=O)NC(COC1OC(CO)C(O)C(O)C1OC(=O)CC/C=C/C/C=C\CCCCCCCC)C(O)/C=C/CCCCCCCCCCCCC. The van der Waals surface area contributed by atoms with Gasteiger partial charge >= 0.3 is 5.97 Å². The van der Waals surface area contributed by atoms with E-state index in [-0.39, 0.29) is 19.4 Å². The van der Waals surface area contributed by atoms with Crippen molar-refractivity contribution in [3.8, 4) is 0 Å². The van der Waals surface area contributed by atoms with E-state index in [1.807, 2.05) is 18.2 Å². The van der Waals surface area contributed by atoms with Gasteiger partial charge in [-0.15, -0.1) is 0 Å². The summed E-state index contributed by atoms with van der Waals surface area (Å²) >= 11 is 0. The Balaban J connectivity index is 2.68. The Labute approximate surface area is 471 Å². The Morgan fingerprint density at radius 3 is 1.36 bits per heavy atom. The summed E-state index contributed by atoms with van der Waals surface area (Å²) in [5.74, 6) is -1.27. The molecule has 1 amide bonds. The van der Waals surface area contributed by atoms with Gasteiger partial charge in [-0.2, -0.15) is 0 Å². The third kappa shape index (κ3) is 41.7. The van der Waals surface area contributed by atoms with Crippen LogP contribution in [0.1, 0.15) is 271 Å². The molecular formula is C66H117NO10. The van der Waals surface area contributed by atoms with E-state index in [0.29, 0.717) is 12.8 Å². The first kappa shape index (κ1) is 72.1. The number of hydrogen-bond acceptors (Lipinski definition) is 10. The first-order chi connectivity index (χ1) is 37.7. The normalized spacial score (nSPS) is 19.5. The minimum atomic E-state index is -1.64. The molecule has 0 spiro atoms. The second-order valence-electron chi connectivity index (χ2n) is 21.8. The Morgan fingerprint density at radius 2 is 0.896 bits per heavy atom. The Morgan fingerprint density at radius 1 is 0.506 bits per heavy atom. The number of aliphatic hydroxyl groups excluding tert-OH is 5. The fraction of sp³-hybridized carbons (Fsp3) is 0.788. The van der Waals surface area contributed by atoms with Gasteiger partial charge in [0.25, 0.3) is 0 Å². The molecule has 77 heavy (non-hydrogen) atoms. The van der Waals surface area contributed by atoms with Gasteiger partial charge in [-0.3, -0.25) is 9.59 Å². The number of ether oxygens (including phenoxy) is 3. The molecule has 0 aliphatic carbocycles. The molecule has 11 heteroatoms. The molecular weight excluding hydrogens is 967 g/mol. The third-order valence-corrected chi connectivity index (χ3v) is 14.6. The van der Waals surface area contributed by atoms with Crippen molar-refractivity contribution in [2.75, 3.05) is 13.2 Å². The smallest absolute Gasteiger partial charge is 0.306 e. The van der Waals surface area contributed by atoms with Crippen molar-refractivity contribution in [2.45, 2.75) is 320 Å². The number of carbonyl (C=O) groups is 2. The van der Waals surface area contributed by atoms with Gasteiger partial charge in [-0.1, -0.05) is 254 Å². The Bertz CT molecular complexity index is 1530. The van der Waals surface area contributed by atoms with E-state index >= 15 is 0 Å². The van der Waals surface area contributed by atoms with Crippen LogP contribution in [0.2, 0.25) is 0 Å². The molecule has 8 atom stereocenters. The molecule has 11 nitrogen and oxygen atoms in total. The van der Waals surface area contributed by atoms with Crippen molar-refractivity contribution >= 4 is 11.9 Å². The highest BCUT2D eigenvalue weighted by Crippen LogP contribution is 2.26. The van der Waals surface area contributed by atoms with Gasteiger partial charge in [0.1, 0.15) is 24.4 Å². The Hall–Kier alpha value is -2.90. The van der Waals surface area contributed by atoms with Gasteiger partial charge in [0, 0.05) is 6.42 Å². The second kappa shape index (κ2) is 53.7. The zero-order valence-electron chi connectivity index (χ0n) is 49.3. The quantitative estimate of drug-likeness (QED) is 0.0195. The standard InChI is InChI=1S/C66H117NO10/c1-4-7-10-13-16-19-22-25-26-27-28-29-30-31-32-33-36-38-41-44-47-50-53-59(70)65(74)67-57(58(69)52-49-46-43-40-37-34-23-20-17-14-11-8-5-2)56-75-66-64(63(73)62(72)60(55-68)76-66)77-61(71)54-51-48-45-42-39-35-24-21-18-15-12-9-6-3/h16,19,25-26,28-29,35,39,45,48-49,52,57-60,62-64,66,68-70,72-73H,4-15,17-18,20-24,27,30-34,36-38,40-44,46-47,50-51,53-56H2,1-3H3,(H,67,74)/b19-16-,26-25-,29-28-,39-35-,48-45+,52-49+. The lowest BCUT2D eigenvalue weighted by Gasteiger charge is -2.41. The van der Waals surface area contributed by atoms with Crippen molar-refractivity contribution in [1.29, 1.82) is 0 Å². The predicted molar refractivity (Wildman–Crippen MR) is 319 cm³/mol. The van der Waals surface area contributed by atoms with E-state index in [0.717, 1.165) is 70.6 Å². The number of aliphatic hydroxyl groups is 5. The maximum Gasteiger partial charge on any atom is 0.306 e. The predicted octanol–water partition coefficient (Wildman–Crippen LogP) is 15.2. The summed E-state index contributed by atoms with van der Waals surface area (Å²) in [6.07, 6.45) is 58.1. The molecule has 446 valence electrons. The molecule has 8 unspecified atom stereocenters. The molecule has 0 aromatic heterocycles. The van der Waals surface area contributed by atoms with Gasteiger partial charge in [0.15, 0.2) is 12.4 Å². The van der Waals surface area contributed by atoms with Crippen molar-refractivity contribution in [2.24, 2.45) is 0 Å². The minimum absolute atomic E-state index is 0.0157. The first-order valence-corrected chi connectivity index (χ1v) is 31.7. The van der Waals surface area contributed by atoms with Crippen LogP contribution in [0.5, 0.6) is 0 Å². The zero-order chi connectivity index (χ0) is 56.1. The number of esters is 1. The highest BCUT2D eigenvalue weighted by Gasteiger charge is 2.47. The third-order valence-electron chi connectivity index (χ3n) is 14.6. The monoisotopic (exact) mass is 1080 g/mol. The lowest BCUT2D eigenvalue weighted by molar-refractivity contribution is -0.305. The van der Waals surface area contributed by atoms with Crippen molar-refractivity contribution in [3.05, 3.63) is 72.9 Å². The molecule has 0 saturated carbocycles. The summed E-state index contributed by atoms with van der Waals surface area (Å²) < 4.78 is 17.5. The van der Waals surface area contributed by atoms with Gasteiger partial charge in [-0.05, 0) is 83.5 Å². The summed E-state index contributed by atoms with van der Waals surface area (Å²) in [5, 5.41) is 57.0. The molecule has 1 aliphatic heterocycles. The molecule has 1 aliphatic rings. The van der Waals surface area contributed by atoms with E-state index in [9.17, 15) is 35.1 Å². The summed E-state index contributed by atoms with van der Waals surface area (Å²) in [4.78, 5) is 26.5. The molecule has 1 heterocycles. The highest BCUT2D eigenvalue weighted by atomic mass is 16.7. The lowest BCUT2D eigenvalue weighted by atomic mass is 9.99. The lowest BCUT2D eigenvalue weighted by Crippen LogP contribution is -2.61. The maximum atomic E-state index is 13.4. The summed E-state index contributed by atoms with van der Waals surface area (Å²) in [5.41, 5.74) is 0. The van der Waals surface area contributed by atoms with Crippen LogP contribution in [0.4, 0.5) is 0 Å². The van der Waals surface area contributed by atoms with Crippen LogP contribution >= 0.6 is 0 Å². The van der Waals surface area contributed by atoms with E-state index < -0.39 is 67.4 Å². The average molecular weight is 1080 g/mol. The molecule has 1 saturated heterocycles. The minimum Gasteiger partial charge on any atom is -0.454 e. The van der Waals surface area contributed by atoms with Crippen molar-refractivity contribution in [1.82, 2.24) is 5.32 Å². The fourth-order valence-corrected chi connectivity index (χ4v) is 9.53. The number of amides is 1. The summed E-state index contributed by atoms with van der Waals surface area (Å²) in [6, 6.07) is -1.04. The molecule has 0 bridgehead atoms. The number of allylic oxidation sites excluding steroid dienone is 11. The van der Waals surface area contributed by atoms with Crippen LogP contribution < -0.4 is 5.32 Å². The van der Waals surface area contributed by atoms with Gasteiger partial charge in [-0.25, -0.2) is 0 Å². The van der Waals surface area contributed by atoms with E-state index in [1.54, 1.807) is 6.08 Å². The zero-order valence-corrected chi connectivity index (χ0v) is 49.3. The van der Waals surface area contributed by atoms with E-state index in [2.05, 4.69) is 74.7 Å². The number of rotatable bonds is 53. The van der Waals surface area contributed by atoms with Crippen LogP contribution in [-0.4, -0.2) is 99.6 Å². The van der Waals surface area contributed by atoms with Gasteiger partial charge in [0.2, 0.25) is 5.91 Å². The number of carbonyl (C=O) groups excluding carboxylic acids is 2. The molecule has 6 N–H and O–H groups in total. The molecule has 0 radical (unpaired) electrons. The van der Waals surface area contributed by atoms with Crippen LogP contribution in [0.15, 0.2) is 72.9 Å². The topological polar surface area (TPSA) is 175 Å². The summed E-state index contributed by atoms with van der Waals surface area (Å²) in [7, 11) is 0. The summed E-state index contributed by atoms with van der Waals surface area (Å²) in [6.45, 7) is 5.72.